The van der Waals surface area contributed by atoms with Gasteiger partial charge in [0.1, 0.15) is 11.6 Å². The first-order chi connectivity index (χ1) is 9.65. The van der Waals surface area contributed by atoms with Gasteiger partial charge in [0.2, 0.25) is 0 Å². The molecule has 0 amide bonds. The first-order valence-electron chi connectivity index (χ1n) is 7.53. The zero-order valence-electron chi connectivity index (χ0n) is 12.7. The highest BCUT2D eigenvalue weighted by Crippen LogP contribution is 2.23. The lowest BCUT2D eigenvalue weighted by Crippen LogP contribution is -2.42. The van der Waals surface area contributed by atoms with E-state index in [1.54, 1.807) is 0 Å². The molecule has 0 saturated carbocycles. The second kappa shape index (κ2) is 5.66. The molecule has 2 bridgehead atoms. The number of hydrogen-bond donors (Lipinski definition) is 0. The average Bonchev–Trinajstić information content (AvgIpc) is 2.66. The second-order valence-corrected chi connectivity index (χ2v) is 6.02. The molecule has 2 atom stereocenters. The summed E-state index contributed by atoms with van der Waals surface area (Å²) in [4.78, 5) is 14.0. The molecule has 2 fully saturated rings. The minimum atomic E-state index is 0.461. The van der Waals surface area contributed by atoms with Crippen LogP contribution in [0.5, 0.6) is 0 Å². The Kier molecular flexibility index (Phi) is 3.89. The summed E-state index contributed by atoms with van der Waals surface area (Å²) >= 11 is 0. The summed E-state index contributed by atoms with van der Waals surface area (Å²) < 4.78 is 5.78. The molecular formula is C15H24N4O. The summed E-state index contributed by atoms with van der Waals surface area (Å²) in [5.74, 6) is 2.52. The number of fused-ring (bicyclic) bond motifs is 3. The Bertz CT molecular complexity index is 479. The topological polar surface area (TPSA) is 41.5 Å². The van der Waals surface area contributed by atoms with Crippen LogP contribution in [0, 0.1) is 12.8 Å². The van der Waals surface area contributed by atoms with Gasteiger partial charge in [0, 0.05) is 37.3 Å². The minimum absolute atomic E-state index is 0.461. The van der Waals surface area contributed by atoms with Crippen LogP contribution in [0.3, 0.4) is 0 Å². The lowest BCUT2D eigenvalue weighted by atomic mass is 10.1. The molecule has 2 aliphatic rings. The monoisotopic (exact) mass is 276 g/mol. The molecule has 0 aliphatic carbocycles. The largest absolute Gasteiger partial charge is 0.379 e. The van der Waals surface area contributed by atoms with E-state index in [1.165, 1.54) is 0 Å². The molecule has 5 heteroatoms. The van der Waals surface area contributed by atoms with Crippen LogP contribution in [0.4, 0.5) is 5.82 Å². The van der Waals surface area contributed by atoms with Gasteiger partial charge in [-0.3, -0.25) is 4.90 Å². The predicted octanol–water partition coefficient (Wildman–Crippen LogP) is 1.11. The van der Waals surface area contributed by atoms with Crippen LogP contribution in [0.15, 0.2) is 6.07 Å². The summed E-state index contributed by atoms with van der Waals surface area (Å²) in [6.45, 7) is 8.95. The van der Waals surface area contributed by atoms with Crippen LogP contribution in [-0.2, 0) is 11.2 Å². The average molecular weight is 276 g/mol. The van der Waals surface area contributed by atoms with Crippen LogP contribution >= 0.6 is 0 Å². The number of likely N-dealkylation sites (N-methyl/N-ethyl adjacent to an activating group) is 1. The van der Waals surface area contributed by atoms with E-state index in [-0.39, 0.29) is 0 Å². The highest BCUT2D eigenvalue weighted by molar-refractivity contribution is 5.41. The van der Waals surface area contributed by atoms with Crippen LogP contribution < -0.4 is 4.90 Å². The zero-order chi connectivity index (χ0) is 14.1. The molecule has 3 rings (SSSR count). The molecular weight excluding hydrogens is 252 g/mol. The van der Waals surface area contributed by atoms with Gasteiger partial charge in [-0.2, -0.15) is 0 Å². The summed E-state index contributed by atoms with van der Waals surface area (Å²) in [7, 11) is 2.21. The number of ether oxygens (including phenoxy) is 1. The molecule has 0 N–H and O–H groups in total. The van der Waals surface area contributed by atoms with Gasteiger partial charge >= 0.3 is 0 Å². The maximum absolute atomic E-state index is 5.78. The van der Waals surface area contributed by atoms with Gasteiger partial charge in [-0.05, 0) is 20.4 Å². The lowest BCUT2D eigenvalue weighted by molar-refractivity contribution is 0.0930. The summed E-state index contributed by atoms with van der Waals surface area (Å²) in [6.07, 6.45) is 0.958. The van der Waals surface area contributed by atoms with E-state index in [4.69, 9.17) is 4.74 Å². The molecule has 5 nitrogen and oxygen atoms in total. The summed E-state index contributed by atoms with van der Waals surface area (Å²) in [5.41, 5.74) is 1.13. The second-order valence-electron chi connectivity index (χ2n) is 6.02. The highest BCUT2D eigenvalue weighted by Gasteiger charge is 2.31. The molecule has 0 spiro atoms. The van der Waals surface area contributed by atoms with E-state index in [9.17, 15) is 0 Å². The summed E-state index contributed by atoms with van der Waals surface area (Å²) in [6, 6.07) is 2.61. The number of rotatable bonds is 2. The third-order valence-electron chi connectivity index (χ3n) is 4.31. The first kappa shape index (κ1) is 13.8. The van der Waals surface area contributed by atoms with Crippen molar-refractivity contribution in [3.8, 4) is 0 Å². The number of anilines is 1. The van der Waals surface area contributed by atoms with Crippen molar-refractivity contribution < 1.29 is 4.74 Å². The van der Waals surface area contributed by atoms with E-state index >= 15 is 0 Å². The Morgan fingerprint density at radius 1 is 1.25 bits per heavy atom. The Balaban J connectivity index is 1.88. The maximum atomic E-state index is 5.78. The van der Waals surface area contributed by atoms with E-state index in [0.29, 0.717) is 12.0 Å². The molecule has 1 aromatic rings. The lowest BCUT2D eigenvalue weighted by Gasteiger charge is -2.30. The van der Waals surface area contributed by atoms with Gasteiger partial charge in [0.25, 0.3) is 0 Å². The number of nitrogens with zero attached hydrogens (tertiary/aromatic N) is 4. The van der Waals surface area contributed by atoms with Crippen LogP contribution in [0.25, 0.3) is 0 Å². The number of aryl methyl sites for hydroxylation is 2. The molecule has 0 aromatic carbocycles. The van der Waals surface area contributed by atoms with Gasteiger partial charge in [-0.1, -0.05) is 6.92 Å². The summed E-state index contributed by atoms with van der Waals surface area (Å²) in [5, 5.41) is 0. The van der Waals surface area contributed by atoms with Crippen molar-refractivity contribution >= 4 is 5.82 Å². The quantitative estimate of drug-likeness (QED) is 0.809. The Hall–Kier alpha value is -1.20. The molecule has 2 aliphatic heterocycles. The van der Waals surface area contributed by atoms with Gasteiger partial charge in [-0.15, -0.1) is 0 Å². The standard InChI is InChI=1S/C15H24N4O/c1-4-13-5-15(17-11(2)16-13)19-7-12-6-18(3)14(8-19)10-20-9-12/h5,12,14H,4,6-10H2,1-3H3/t12-,14+/m1/s1. The van der Waals surface area contributed by atoms with E-state index < -0.39 is 0 Å². The molecule has 0 unspecified atom stereocenters. The third kappa shape index (κ3) is 2.79. The Morgan fingerprint density at radius 3 is 2.90 bits per heavy atom. The maximum Gasteiger partial charge on any atom is 0.132 e. The van der Waals surface area contributed by atoms with Crippen LogP contribution in [0.1, 0.15) is 18.4 Å². The number of aromatic nitrogens is 2. The smallest absolute Gasteiger partial charge is 0.132 e. The third-order valence-corrected chi connectivity index (χ3v) is 4.31. The van der Waals surface area contributed by atoms with Crippen LogP contribution in [-0.4, -0.2) is 60.8 Å². The van der Waals surface area contributed by atoms with Crippen molar-refractivity contribution in [2.45, 2.75) is 26.3 Å². The fourth-order valence-electron chi connectivity index (χ4n) is 3.19. The predicted molar refractivity (Wildman–Crippen MR) is 79.1 cm³/mol. The van der Waals surface area contributed by atoms with Crippen molar-refractivity contribution in [3.05, 3.63) is 17.6 Å². The number of hydrogen-bond acceptors (Lipinski definition) is 5. The fraction of sp³-hybridized carbons (Fsp3) is 0.733. The molecule has 1 aromatic heterocycles. The van der Waals surface area contributed by atoms with Crippen molar-refractivity contribution in [1.29, 1.82) is 0 Å². The molecule has 2 saturated heterocycles. The van der Waals surface area contributed by atoms with Gasteiger partial charge in [0.05, 0.1) is 19.3 Å². The van der Waals surface area contributed by atoms with Gasteiger partial charge in [0.15, 0.2) is 0 Å². The van der Waals surface area contributed by atoms with Crippen LogP contribution in [0.2, 0.25) is 0 Å². The highest BCUT2D eigenvalue weighted by atomic mass is 16.5. The van der Waals surface area contributed by atoms with Crippen molar-refractivity contribution in [1.82, 2.24) is 14.9 Å². The normalized spacial score (nSPS) is 27.4. The van der Waals surface area contributed by atoms with E-state index in [0.717, 1.165) is 56.6 Å². The van der Waals surface area contributed by atoms with Gasteiger partial charge < -0.3 is 9.64 Å². The van der Waals surface area contributed by atoms with Crippen molar-refractivity contribution in [2.24, 2.45) is 5.92 Å². The van der Waals surface area contributed by atoms with Gasteiger partial charge in [-0.25, -0.2) is 9.97 Å². The molecule has 3 heterocycles. The fourth-order valence-corrected chi connectivity index (χ4v) is 3.19. The first-order valence-corrected chi connectivity index (χ1v) is 7.53. The SMILES string of the molecule is CCc1cc(N2C[C@@H]3COC[C@H](C2)N(C)C3)nc(C)n1. The van der Waals surface area contributed by atoms with Crippen molar-refractivity contribution in [3.63, 3.8) is 0 Å². The Labute approximate surface area is 121 Å². The Morgan fingerprint density at radius 2 is 2.10 bits per heavy atom. The van der Waals surface area contributed by atoms with Crippen molar-refractivity contribution in [2.75, 3.05) is 44.8 Å². The minimum Gasteiger partial charge on any atom is -0.379 e. The molecule has 0 radical (unpaired) electrons. The zero-order valence-corrected chi connectivity index (χ0v) is 12.7. The molecule has 20 heavy (non-hydrogen) atoms. The van der Waals surface area contributed by atoms with E-state index in [2.05, 4.69) is 39.8 Å². The van der Waals surface area contributed by atoms with E-state index in [1.807, 2.05) is 6.92 Å². The molecule has 110 valence electrons.